The quantitative estimate of drug-likeness (QED) is 0.715. The summed E-state index contributed by atoms with van der Waals surface area (Å²) in [6, 6.07) is 0.218. The summed E-state index contributed by atoms with van der Waals surface area (Å²) in [5.41, 5.74) is 0.509. The Hall–Kier alpha value is -2.22. The van der Waals surface area contributed by atoms with E-state index < -0.39 is 5.97 Å². The summed E-state index contributed by atoms with van der Waals surface area (Å²) >= 11 is 1.18. The molecule has 0 saturated heterocycles. The predicted octanol–water partition coefficient (Wildman–Crippen LogP) is 2.91. The molecule has 4 rings (SSSR count). The van der Waals surface area contributed by atoms with Gasteiger partial charge in [0.05, 0.1) is 5.39 Å². The highest BCUT2D eigenvalue weighted by Crippen LogP contribution is 2.29. The molecule has 1 saturated carbocycles. The van der Waals surface area contributed by atoms with E-state index in [0.717, 1.165) is 44.3 Å². The third kappa shape index (κ3) is 3.70. The minimum atomic E-state index is -0.561. The average Bonchev–Trinajstić information content (AvgIpc) is 3.31. The fraction of sp³-hybridized carbons (Fsp3) is 0.619. The van der Waals surface area contributed by atoms with Crippen molar-refractivity contribution in [3.63, 3.8) is 0 Å². The lowest BCUT2D eigenvalue weighted by Crippen LogP contribution is -2.41. The summed E-state index contributed by atoms with van der Waals surface area (Å²) in [6.45, 7) is 4.38. The molecular weight excluding hydrogens is 390 g/mol. The van der Waals surface area contributed by atoms with Gasteiger partial charge >= 0.3 is 5.97 Å². The number of hydrogen-bond acceptors (Lipinski definition) is 6. The van der Waals surface area contributed by atoms with Crippen molar-refractivity contribution in [1.29, 1.82) is 0 Å². The summed E-state index contributed by atoms with van der Waals surface area (Å²) in [4.78, 5) is 45.1. The Kier molecular flexibility index (Phi) is 5.46. The predicted molar refractivity (Wildman–Crippen MR) is 111 cm³/mol. The number of hydrogen-bond donors (Lipinski definition) is 0. The monoisotopic (exact) mass is 417 g/mol. The first-order chi connectivity index (χ1) is 13.9. The Bertz CT molecular complexity index is 1020. The number of nitrogens with zero attached hydrogens (tertiary/aromatic N) is 3. The van der Waals surface area contributed by atoms with Crippen LogP contribution in [0.15, 0.2) is 4.79 Å². The third-order valence-electron chi connectivity index (χ3n) is 6.35. The van der Waals surface area contributed by atoms with Gasteiger partial charge in [0, 0.05) is 26.1 Å². The van der Waals surface area contributed by atoms with Crippen LogP contribution in [0.5, 0.6) is 0 Å². The van der Waals surface area contributed by atoms with Crippen molar-refractivity contribution in [2.24, 2.45) is 5.92 Å². The number of fused-ring (bicyclic) bond motifs is 2. The molecule has 0 spiro atoms. The van der Waals surface area contributed by atoms with Gasteiger partial charge in [0.25, 0.3) is 11.5 Å². The number of aryl methyl sites for hydroxylation is 2. The van der Waals surface area contributed by atoms with Gasteiger partial charge in [-0.25, -0.2) is 9.78 Å². The topological polar surface area (TPSA) is 81.5 Å². The SMILES string of the molecule is Cc1c(C(=O)OCC(=O)N(C)C2CCC(C)CC2)sc2nc3n(c(=O)c12)CCC3. The van der Waals surface area contributed by atoms with E-state index in [1.807, 2.05) is 0 Å². The fourth-order valence-corrected chi connectivity index (χ4v) is 5.48. The molecule has 156 valence electrons. The molecular formula is C21H27N3O4S. The van der Waals surface area contributed by atoms with Crippen LogP contribution in [0.1, 0.15) is 60.1 Å². The van der Waals surface area contributed by atoms with Gasteiger partial charge in [-0.05, 0) is 50.5 Å². The lowest BCUT2D eigenvalue weighted by Gasteiger charge is -2.33. The number of rotatable bonds is 4. The maximum Gasteiger partial charge on any atom is 0.349 e. The molecule has 0 radical (unpaired) electrons. The fourth-order valence-electron chi connectivity index (χ4n) is 4.40. The first kappa shape index (κ1) is 20.1. The van der Waals surface area contributed by atoms with Crippen molar-refractivity contribution >= 4 is 33.4 Å². The van der Waals surface area contributed by atoms with Crippen LogP contribution in [-0.4, -0.2) is 46.0 Å². The Morgan fingerprint density at radius 2 is 2.00 bits per heavy atom. The molecule has 7 nitrogen and oxygen atoms in total. The standard InChI is InChI=1S/C21H27N3O4S/c1-12-6-8-14(9-7-12)23(3)16(25)11-28-21(27)18-13(2)17-19(29-18)22-15-5-4-10-24(15)20(17)26/h12,14H,4-11H2,1-3H3. The largest absolute Gasteiger partial charge is 0.451 e. The third-order valence-corrected chi connectivity index (χ3v) is 7.52. The molecule has 0 unspecified atom stereocenters. The second-order valence-electron chi connectivity index (χ2n) is 8.32. The van der Waals surface area contributed by atoms with Gasteiger partial charge < -0.3 is 9.64 Å². The van der Waals surface area contributed by atoms with E-state index in [0.29, 0.717) is 33.1 Å². The Balaban J connectivity index is 1.45. The second kappa shape index (κ2) is 7.89. The molecule has 1 amide bonds. The molecule has 1 aliphatic carbocycles. The van der Waals surface area contributed by atoms with Crippen molar-refractivity contribution in [2.45, 2.75) is 65.0 Å². The van der Waals surface area contributed by atoms with Gasteiger partial charge in [-0.15, -0.1) is 11.3 Å². The summed E-state index contributed by atoms with van der Waals surface area (Å²) < 4.78 is 7.01. The normalized spacial score (nSPS) is 21.2. The Labute approximate surface area is 173 Å². The highest BCUT2D eigenvalue weighted by atomic mass is 32.1. The molecule has 0 atom stereocenters. The highest BCUT2D eigenvalue weighted by molar-refractivity contribution is 7.20. The number of carbonyl (C=O) groups excluding carboxylic acids is 2. The lowest BCUT2D eigenvalue weighted by molar-refractivity contribution is -0.136. The number of amides is 1. The van der Waals surface area contributed by atoms with Gasteiger partial charge in [-0.3, -0.25) is 14.2 Å². The van der Waals surface area contributed by atoms with Crippen LogP contribution in [0, 0.1) is 12.8 Å². The Morgan fingerprint density at radius 1 is 1.28 bits per heavy atom. The Morgan fingerprint density at radius 3 is 2.72 bits per heavy atom. The van der Waals surface area contributed by atoms with Crippen LogP contribution >= 0.6 is 11.3 Å². The molecule has 2 aliphatic rings. The smallest absolute Gasteiger partial charge is 0.349 e. The molecule has 2 aromatic heterocycles. The summed E-state index contributed by atoms with van der Waals surface area (Å²) in [6.07, 6.45) is 5.93. The van der Waals surface area contributed by atoms with Gasteiger partial charge in [0.15, 0.2) is 6.61 Å². The van der Waals surface area contributed by atoms with Crippen LogP contribution in [-0.2, 0) is 22.5 Å². The number of ether oxygens (including phenoxy) is 1. The zero-order chi connectivity index (χ0) is 20.7. The number of likely N-dealkylation sites (N-methyl/N-ethyl adjacent to an activating group) is 1. The van der Waals surface area contributed by atoms with E-state index in [2.05, 4.69) is 11.9 Å². The highest BCUT2D eigenvalue weighted by Gasteiger charge is 2.27. The molecule has 8 heteroatoms. The van der Waals surface area contributed by atoms with E-state index in [1.54, 1.807) is 23.4 Å². The molecule has 3 heterocycles. The molecule has 0 bridgehead atoms. The molecule has 2 aromatic rings. The van der Waals surface area contributed by atoms with Crippen LogP contribution in [0.4, 0.5) is 0 Å². The minimum absolute atomic E-state index is 0.0855. The first-order valence-corrected chi connectivity index (χ1v) is 11.1. The maximum atomic E-state index is 12.7. The van der Waals surface area contributed by atoms with Gasteiger partial charge in [-0.1, -0.05) is 6.92 Å². The van der Waals surface area contributed by atoms with Gasteiger partial charge in [0.2, 0.25) is 0 Å². The molecule has 1 aliphatic heterocycles. The van der Waals surface area contributed by atoms with Crippen LogP contribution in [0.3, 0.4) is 0 Å². The van der Waals surface area contributed by atoms with E-state index >= 15 is 0 Å². The van der Waals surface area contributed by atoms with E-state index in [9.17, 15) is 14.4 Å². The summed E-state index contributed by atoms with van der Waals surface area (Å²) in [7, 11) is 1.79. The van der Waals surface area contributed by atoms with Crippen LogP contribution in [0.2, 0.25) is 0 Å². The molecule has 29 heavy (non-hydrogen) atoms. The van der Waals surface area contributed by atoms with Gasteiger partial charge in [-0.2, -0.15) is 0 Å². The number of aromatic nitrogens is 2. The lowest BCUT2D eigenvalue weighted by atomic mass is 9.87. The summed E-state index contributed by atoms with van der Waals surface area (Å²) in [5.74, 6) is 0.743. The second-order valence-corrected chi connectivity index (χ2v) is 9.32. The van der Waals surface area contributed by atoms with Crippen molar-refractivity contribution in [1.82, 2.24) is 14.5 Å². The number of thiophene rings is 1. The first-order valence-electron chi connectivity index (χ1n) is 10.3. The molecule has 1 fully saturated rings. The zero-order valence-corrected chi connectivity index (χ0v) is 18.0. The summed E-state index contributed by atoms with van der Waals surface area (Å²) in [5, 5.41) is 0.493. The van der Waals surface area contributed by atoms with Crippen molar-refractivity contribution < 1.29 is 14.3 Å². The molecule has 0 N–H and O–H groups in total. The number of carbonyl (C=O) groups is 2. The van der Waals surface area contributed by atoms with E-state index in [1.165, 1.54) is 11.3 Å². The van der Waals surface area contributed by atoms with Crippen LogP contribution < -0.4 is 5.56 Å². The van der Waals surface area contributed by atoms with Gasteiger partial charge in [0.1, 0.15) is 15.5 Å². The van der Waals surface area contributed by atoms with E-state index in [4.69, 9.17) is 4.74 Å². The van der Waals surface area contributed by atoms with E-state index in [-0.39, 0.29) is 24.1 Å². The maximum absolute atomic E-state index is 12.7. The van der Waals surface area contributed by atoms with Crippen molar-refractivity contribution in [2.75, 3.05) is 13.7 Å². The molecule has 0 aromatic carbocycles. The minimum Gasteiger partial charge on any atom is -0.451 e. The average molecular weight is 418 g/mol. The van der Waals surface area contributed by atoms with Crippen molar-refractivity contribution in [3.8, 4) is 0 Å². The van der Waals surface area contributed by atoms with Crippen LogP contribution in [0.25, 0.3) is 10.2 Å². The zero-order valence-electron chi connectivity index (χ0n) is 17.2. The van der Waals surface area contributed by atoms with Crippen molar-refractivity contribution in [3.05, 3.63) is 26.6 Å². The number of esters is 1.